The zero-order valence-electron chi connectivity index (χ0n) is 17.1. The van der Waals surface area contributed by atoms with E-state index in [1.165, 1.54) is 12.1 Å². The van der Waals surface area contributed by atoms with Crippen LogP contribution in [0.25, 0.3) is 0 Å². The Balaban J connectivity index is 1.54. The van der Waals surface area contributed by atoms with Gasteiger partial charge >= 0.3 is 6.09 Å². The minimum Gasteiger partial charge on any atom is -0.414 e. The Morgan fingerprint density at radius 3 is 2.60 bits per heavy atom. The molecule has 1 N–H and O–H groups in total. The number of carbonyl (C=O) groups is 1. The topological polar surface area (TPSA) is 91.0 Å². The molecule has 2 aliphatic heterocycles. The van der Waals surface area contributed by atoms with Gasteiger partial charge in [-0.25, -0.2) is 4.79 Å². The maximum absolute atomic E-state index is 12.4. The monoisotopic (exact) mass is 410 g/mol. The molecular formula is C22H26N4O4. The van der Waals surface area contributed by atoms with Crippen molar-refractivity contribution in [1.29, 1.82) is 5.26 Å². The number of amides is 1. The van der Waals surface area contributed by atoms with E-state index in [2.05, 4.69) is 28.1 Å². The summed E-state index contributed by atoms with van der Waals surface area (Å²) in [5.74, 6) is 0.788. The SMILES string of the molecule is CC1CCN(c2cc(N3CCOCC3)ccc2NC(=O)Oc2ccc(C#N)o2)CC1. The van der Waals surface area contributed by atoms with Crippen LogP contribution < -0.4 is 19.9 Å². The number of nitrogens with zero attached hydrogens (tertiary/aromatic N) is 3. The van der Waals surface area contributed by atoms with Gasteiger partial charge in [-0.1, -0.05) is 6.92 Å². The highest BCUT2D eigenvalue weighted by molar-refractivity contribution is 5.91. The second kappa shape index (κ2) is 9.09. The highest BCUT2D eigenvalue weighted by Gasteiger charge is 2.22. The Labute approximate surface area is 176 Å². The number of piperidine rings is 1. The van der Waals surface area contributed by atoms with Crippen LogP contribution in [0.15, 0.2) is 34.7 Å². The van der Waals surface area contributed by atoms with Gasteiger partial charge in [-0.05, 0) is 43.0 Å². The number of nitrogens with one attached hydrogen (secondary N) is 1. The molecule has 8 heteroatoms. The third-order valence-corrected chi connectivity index (χ3v) is 5.60. The van der Waals surface area contributed by atoms with Gasteiger partial charge in [-0.3, -0.25) is 5.32 Å². The summed E-state index contributed by atoms with van der Waals surface area (Å²) in [6, 6.07) is 10.8. The Kier molecular flexibility index (Phi) is 6.10. The molecular weight excluding hydrogens is 384 g/mol. The Hall–Kier alpha value is -3.18. The van der Waals surface area contributed by atoms with Crippen molar-refractivity contribution in [1.82, 2.24) is 0 Å². The zero-order valence-corrected chi connectivity index (χ0v) is 17.1. The van der Waals surface area contributed by atoms with Gasteiger partial charge in [0.05, 0.1) is 24.6 Å². The fraction of sp³-hybridized carbons (Fsp3) is 0.455. The number of benzene rings is 1. The fourth-order valence-electron chi connectivity index (χ4n) is 3.82. The van der Waals surface area contributed by atoms with Crippen molar-refractivity contribution in [3.63, 3.8) is 0 Å². The Bertz CT molecular complexity index is 921. The van der Waals surface area contributed by atoms with Crippen molar-refractivity contribution in [3.05, 3.63) is 36.1 Å². The summed E-state index contributed by atoms with van der Waals surface area (Å²) in [5, 5.41) is 11.7. The van der Waals surface area contributed by atoms with Crippen molar-refractivity contribution < 1.29 is 18.7 Å². The number of furan rings is 1. The minimum absolute atomic E-state index is 0.0117. The van der Waals surface area contributed by atoms with Crippen LogP contribution in [-0.2, 0) is 4.74 Å². The van der Waals surface area contributed by atoms with Crippen LogP contribution in [0, 0.1) is 17.2 Å². The molecule has 0 unspecified atom stereocenters. The van der Waals surface area contributed by atoms with Gasteiger partial charge in [0, 0.05) is 37.9 Å². The first-order valence-corrected chi connectivity index (χ1v) is 10.3. The number of morpholine rings is 1. The summed E-state index contributed by atoms with van der Waals surface area (Å²) in [7, 11) is 0. The van der Waals surface area contributed by atoms with Gasteiger partial charge in [0.2, 0.25) is 5.76 Å². The summed E-state index contributed by atoms with van der Waals surface area (Å²) >= 11 is 0. The molecule has 8 nitrogen and oxygen atoms in total. The summed E-state index contributed by atoms with van der Waals surface area (Å²) in [4.78, 5) is 17.1. The van der Waals surface area contributed by atoms with E-state index in [9.17, 15) is 4.79 Å². The first-order valence-electron chi connectivity index (χ1n) is 10.3. The lowest BCUT2D eigenvalue weighted by Crippen LogP contribution is -2.37. The smallest absolute Gasteiger partial charge is 0.414 e. The Morgan fingerprint density at radius 1 is 1.13 bits per heavy atom. The van der Waals surface area contributed by atoms with Crippen LogP contribution in [-0.4, -0.2) is 45.5 Å². The lowest BCUT2D eigenvalue weighted by Gasteiger charge is -2.35. The number of hydrogen-bond acceptors (Lipinski definition) is 7. The maximum atomic E-state index is 12.4. The Morgan fingerprint density at radius 2 is 1.90 bits per heavy atom. The van der Waals surface area contributed by atoms with Gasteiger partial charge in [-0.2, -0.15) is 5.26 Å². The van der Waals surface area contributed by atoms with Crippen molar-refractivity contribution in [3.8, 4) is 12.0 Å². The zero-order chi connectivity index (χ0) is 20.9. The molecule has 1 amide bonds. The molecule has 2 saturated heterocycles. The number of ether oxygens (including phenoxy) is 2. The average molecular weight is 410 g/mol. The molecule has 4 rings (SSSR count). The highest BCUT2D eigenvalue weighted by Crippen LogP contribution is 2.34. The van der Waals surface area contributed by atoms with Gasteiger partial charge in [0.15, 0.2) is 0 Å². The van der Waals surface area contributed by atoms with Crippen LogP contribution >= 0.6 is 0 Å². The fourth-order valence-corrected chi connectivity index (χ4v) is 3.82. The van der Waals surface area contributed by atoms with Crippen LogP contribution in [0.2, 0.25) is 0 Å². The second-order valence-corrected chi connectivity index (χ2v) is 7.72. The lowest BCUT2D eigenvalue weighted by atomic mass is 9.98. The molecule has 2 fully saturated rings. The van der Waals surface area contributed by atoms with Crippen LogP contribution in [0.3, 0.4) is 0 Å². The molecule has 1 aromatic carbocycles. The van der Waals surface area contributed by atoms with Gasteiger partial charge in [-0.15, -0.1) is 0 Å². The molecule has 0 aliphatic carbocycles. The highest BCUT2D eigenvalue weighted by atomic mass is 16.6. The van der Waals surface area contributed by atoms with Crippen LogP contribution in [0.1, 0.15) is 25.5 Å². The van der Waals surface area contributed by atoms with E-state index in [1.807, 2.05) is 18.2 Å². The molecule has 30 heavy (non-hydrogen) atoms. The molecule has 2 aliphatic rings. The molecule has 0 spiro atoms. The largest absolute Gasteiger partial charge is 0.419 e. The van der Waals surface area contributed by atoms with E-state index >= 15 is 0 Å². The average Bonchev–Trinajstić information content (AvgIpc) is 3.22. The lowest BCUT2D eigenvalue weighted by molar-refractivity contribution is 0.122. The van der Waals surface area contributed by atoms with Gasteiger partial charge in [0.25, 0.3) is 5.95 Å². The molecule has 0 bridgehead atoms. The van der Waals surface area contributed by atoms with E-state index in [-0.39, 0.29) is 11.7 Å². The van der Waals surface area contributed by atoms with E-state index in [4.69, 9.17) is 19.2 Å². The molecule has 158 valence electrons. The predicted molar refractivity (Wildman–Crippen MR) is 113 cm³/mol. The first kappa shape index (κ1) is 20.1. The minimum atomic E-state index is -0.653. The van der Waals surface area contributed by atoms with Crippen molar-refractivity contribution >= 4 is 23.2 Å². The van der Waals surface area contributed by atoms with Gasteiger partial charge in [0.1, 0.15) is 6.07 Å². The summed E-state index contributed by atoms with van der Waals surface area (Å²) in [6.45, 7) is 7.31. The number of carbonyl (C=O) groups excluding carboxylic acids is 1. The van der Waals surface area contributed by atoms with E-state index in [0.717, 1.165) is 63.6 Å². The number of anilines is 3. The number of hydrogen-bond donors (Lipinski definition) is 1. The molecule has 0 atom stereocenters. The third-order valence-electron chi connectivity index (χ3n) is 5.60. The number of rotatable bonds is 4. The van der Waals surface area contributed by atoms with E-state index < -0.39 is 6.09 Å². The summed E-state index contributed by atoms with van der Waals surface area (Å²) < 4.78 is 15.8. The second-order valence-electron chi connectivity index (χ2n) is 7.72. The van der Waals surface area contributed by atoms with Crippen LogP contribution in [0.4, 0.5) is 21.9 Å². The maximum Gasteiger partial charge on any atom is 0.419 e. The molecule has 2 aromatic rings. The van der Waals surface area contributed by atoms with Crippen molar-refractivity contribution in [2.75, 3.05) is 54.5 Å². The standard InChI is InChI=1S/C22H26N4O4/c1-16-6-8-26(9-7-16)20-14-17(25-10-12-28-13-11-25)2-4-19(20)24-22(27)30-21-5-3-18(15-23)29-21/h2-5,14,16H,6-13H2,1H3,(H,24,27). The van der Waals surface area contributed by atoms with Crippen molar-refractivity contribution in [2.45, 2.75) is 19.8 Å². The normalized spacial score (nSPS) is 17.5. The molecule has 1 aromatic heterocycles. The van der Waals surface area contributed by atoms with Gasteiger partial charge < -0.3 is 23.7 Å². The molecule has 3 heterocycles. The van der Waals surface area contributed by atoms with Crippen molar-refractivity contribution in [2.24, 2.45) is 5.92 Å². The van der Waals surface area contributed by atoms with E-state index in [1.54, 1.807) is 0 Å². The van der Waals surface area contributed by atoms with Crippen LogP contribution in [0.5, 0.6) is 5.95 Å². The first-order chi connectivity index (χ1) is 14.6. The summed E-state index contributed by atoms with van der Waals surface area (Å²) in [5.41, 5.74) is 2.80. The predicted octanol–water partition coefficient (Wildman–Crippen LogP) is 3.84. The third kappa shape index (κ3) is 4.69. The molecule has 0 radical (unpaired) electrons. The number of nitriles is 1. The summed E-state index contributed by atoms with van der Waals surface area (Å²) in [6.07, 6.45) is 1.59. The quantitative estimate of drug-likeness (QED) is 0.819. The molecule has 0 saturated carbocycles. The van der Waals surface area contributed by atoms with E-state index in [0.29, 0.717) is 11.6 Å².